The van der Waals surface area contributed by atoms with E-state index < -0.39 is 0 Å². The van der Waals surface area contributed by atoms with E-state index in [1.807, 2.05) is 47.3 Å². The number of para-hydroxylation sites is 1. The number of ether oxygens (including phenoxy) is 1. The van der Waals surface area contributed by atoms with Crippen LogP contribution >= 0.6 is 0 Å². The monoisotopic (exact) mass is 386 g/mol. The van der Waals surface area contributed by atoms with Crippen LogP contribution < -0.4 is 10.2 Å². The first-order valence-corrected chi connectivity index (χ1v) is 9.79. The first-order valence-electron chi connectivity index (χ1n) is 9.79. The molecule has 0 spiro atoms. The lowest BCUT2D eigenvalue weighted by molar-refractivity contribution is 0.122. The van der Waals surface area contributed by atoms with E-state index in [0.717, 1.165) is 35.8 Å². The SMILES string of the molecule is c1ccc(CNc2nc(N3CCOCC3)nc3c2ncn3-c2ccccc2)cc1. The van der Waals surface area contributed by atoms with E-state index >= 15 is 0 Å². The molecule has 7 heteroatoms. The van der Waals surface area contributed by atoms with Gasteiger partial charge in [-0.05, 0) is 17.7 Å². The number of hydrogen-bond acceptors (Lipinski definition) is 6. The first-order chi connectivity index (χ1) is 14.4. The zero-order valence-corrected chi connectivity index (χ0v) is 16.0. The van der Waals surface area contributed by atoms with E-state index in [2.05, 4.69) is 39.5 Å². The minimum absolute atomic E-state index is 0.674. The maximum atomic E-state index is 5.49. The van der Waals surface area contributed by atoms with E-state index in [1.165, 1.54) is 5.56 Å². The molecule has 0 aliphatic carbocycles. The Morgan fingerprint density at radius 1 is 0.897 bits per heavy atom. The summed E-state index contributed by atoms with van der Waals surface area (Å²) in [5.41, 5.74) is 3.77. The molecule has 7 nitrogen and oxygen atoms in total. The number of benzene rings is 2. The molecule has 1 N–H and O–H groups in total. The van der Waals surface area contributed by atoms with Crippen LogP contribution in [0.1, 0.15) is 5.56 Å². The largest absolute Gasteiger partial charge is 0.378 e. The quantitative estimate of drug-likeness (QED) is 0.568. The Morgan fingerprint density at radius 2 is 1.62 bits per heavy atom. The van der Waals surface area contributed by atoms with Gasteiger partial charge in [0.2, 0.25) is 5.95 Å². The van der Waals surface area contributed by atoms with Gasteiger partial charge in [0.1, 0.15) is 6.33 Å². The van der Waals surface area contributed by atoms with E-state index in [0.29, 0.717) is 25.7 Å². The molecule has 0 atom stereocenters. The fraction of sp³-hybridized carbons (Fsp3) is 0.227. The molecule has 1 saturated heterocycles. The van der Waals surface area contributed by atoms with Crippen LogP contribution in [-0.2, 0) is 11.3 Å². The molecule has 0 bridgehead atoms. The number of aromatic nitrogens is 4. The summed E-state index contributed by atoms with van der Waals surface area (Å²) < 4.78 is 7.50. The molecule has 29 heavy (non-hydrogen) atoms. The molecule has 4 aromatic rings. The third-order valence-electron chi connectivity index (χ3n) is 5.02. The topological polar surface area (TPSA) is 68.1 Å². The van der Waals surface area contributed by atoms with E-state index in [9.17, 15) is 0 Å². The van der Waals surface area contributed by atoms with Gasteiger partial charge in [-0.25, -0.2) is 4.98 Å². The third-order valence-corrected chi connectivity index (χ3v) is 5.02. The van der Waals surface area contributed by atoms with Gasteiger partial charge in [-0.3, -0.25) is 4.57 Å². The Labute approximate surface area is 169 Å². The number of fused-ring (bicyclic) bond motifs is 1. The van der Waals surface area contributed by atoms with Crippen molar-refractivity contribution in [3.63, 3.8) is 0 Å². The van der Waals surface area contributed by atoms with Gasteiger partial charge in [0.15, 0.2) is 17.0 Å². The standard InChI is InChI=1S/C22H22N6O/c1-3-7-17(8-4-1)15-23-20-19-21(26-22(25-20)27-11-13-29-14-12-27)28(16-24-19)18-9-5-2-6-10-18/h1-10,16H,11-15H2,(H,23,25,26). The normalized spacial score (nSPS) is 14.3. The van der Waals surface area contributed by atoms with Gasteiger partial charge in [-0.2, -0.15) is 9.97 Å². The van der Waals surface area contributed by atoms with Gasteiger partial charge in [-0.15, -0.1) is 0 Å². The summed E-state index contributed by atoms with van der Waals surface area (Å²) in [5, 5.41) is 3.46. The number of anilines is 2. The minimum Gasteiger partial charge on any atom is -0.378 e. The Morgan fingerprint density at radius 3 is 2.38 bits per heavy atom. The number of nitrogens with one attached hydrogen (secondary N) is 1. The Bertz CT molecular complexity index is 1090. The molecule has 0 amide bonds. The number of nitrogens with zero attached hydrogens (tertiary/aromatic N) is 5. The maximum Gasteiger partial charge on any atom is 0.229 e. The van der Waals surface area contributed by atoms with Crippen LogP contribution in [-0.4, -0.2) is 45.8 Å². The van der Waals surface area contributed by atoms with E-state index in [4.69, 9.17) is 14.7 Å². The van der Waals surface area contributed by atoms with Gasteiger partial charge >= 0.3 is 0 Å². The van der Waals surface area contributed by atoms with Gasteiger partial charge in [0.05, 0.1) is 13.2 Å². The van der Waals surface area contributed by atoms with Crippen LogP contribution in [0.25, 0.3) is 16.9 Å². The van der Waals surface area contributed by atoms with E-state index in [-0.39, 0.29) is 0 Å². The van der Waals surface area contributed by atoms with Crippen molar-refractivity contribution in [3.8, 4) is 5.69 Å². The van der Waals surface area contributed by atoms with Gasteiger partial charge in [0, 0.05) is 25.3 Å². The molecule has 0 unspecified atom stereocenters. The fourth-order valence-electron chi connectivity index (χ4n) is 3.48. The highest BCUT2D eigenvalue weighted by Crippen LogP contribution is 2.25. The Kier molecular flexibility index (Phi) is 4.80. The number of morpholine rings is 1. The van der Waals surface area contributed by atoms with E-state index in [1.54, 1.807) is 0 Å². The van der Waals surface area contributed by atoms with Crippen molar-refractivity contribution < 1.29 is 4.74 Å². The van der Waals surface area contributed by atoms with Crippen molar-refractivity contribution in [1.29, 1.82) is 0 Å². The highest BCUT2D eigenvalue weighted by molar-refractivity contribution is 5.85. The number of imidazole rings is 1. The molecular formula is C22H22N6O. The molecular weight excluding hydrogens is 364 g/mol. The van der Waals surface area contributed by atoms with Crippen LogP contribution in [0.4, 0.5) is 11.8 Å². The van der Waals surface area contributed by atoms with Crippen molar-refractivity contribution in [3.05, 3.63) is 72.6 Å². The average Bonchev–Trinajstić information content (AvgIpc) is 3.23. The molecule has 1 aliphatic rings. The van der Waals surface area contributed by atoms with Crippen molar-refractivity contribution >= 4 is 22.9 Å². The lowest BCUT2D eigenvalue weighted by atomic mass is 10.2. The van der Waals surface area contributed by atoms with Crippen molar-refractivity contribution in [2.45, 2.75) is 6.54 Å². The second kappa shape index (κ2) is 7.89. The van der Waals surface area contributed by atoms with Crippen molar-refractivity contribution in [2.24, 2.45) is 0 Å². The second-order valence-corrected chi connectivity index (χ2v) is 6.93. The predicted molar refractivity (Wildman–Crippen MR) is 113 cm³/mol. The van der Waals surface area contributed by atoms with Crippen LogP contribution in [0.15, 0.2) is 67.0 Å². The second-order valence-electron chi connectivity index (χ2n) is 6.93. The summed E-state index contributed by atoms with van der Waals surface area (Å²) in [7, 11) is 0. The minimum atomic E-state index is 0.674. The smallest absolute Gasteiger partial charge is 0.229 e. The zero-order chi connectivity index (χ0) is 19.5. The summed E-state index contributed by atoms with van der Waals surface area (Å²) in [6.07, 6.45) is 1.81. The molecule has 2 aromatic heterocycles. The maximum absolute atomic E-state index is 5.49. The predicted octanol–water partition coefficient (Wildman–Crippen LogP) is 3.26. The highest BCUT2D eigenvalue weighted by atomic mass is 16.5. The van der Waals surface area contributed by atoms with Crippen molar-refractivity contribution in [1.82, 2.24) is 19.5 Å². The summed E-state index contributed by atoms with van der Waals surface area (Å²) in [5.74, 6) is 1.45. The number of hydrogen-bond donors (Lipinski definition) is 1. The Hall–Kier alpha value is -3.45. The molecule has 146 valence electrons. The molecule has 5 rings (SSSR count). The molecule has 2 aromatic carbocycles. The fourth-order valence-corrected chi connectivity index (χ4v) is 3.48. The lowest BCUT2D eigenvalue weighted by Crippen LogP contribution is -2.37. The summed E-state index contributed by atoms with van der Waals surface area (Å²) in [4.78, 5) is 16.5. The molecule has 1 aliphatic heterocycles. The summed E-state index contributed by atoms with van der Waals surface area (Å²) in [6.45, 7) is 3.61. The first kappa shape index (κ1) is 17.6. The number of rotatable bonds is 5. The zero-order valence-electron chi connectivity index (χ0n) is 16.0. The molecule has 3 heterocycles. The molecule has 1 fully saturated rings. The molecule has 0 radical (unpaired) electrons. The van der Waals surface area contributed by atoms with Gasteiger partial charge < -0.3 is 15.0 Å². The van der Waals surface area contributed by atoms with Crippen molar-refractivity contribution in [2.75, 3.05) is 36.5 Å². The lowest BCUT2D eigenvalue weighted by Gasteiger charge is -2.27. The van der Waals surface area contributed by atoms with Crippen LogP contribution in [0.3, 0.4) is 0 Å². The highest BCUT2D eigenvalue weighted by Gasteiger charge is 2.19. The average molecular weight is 386 g/mol. The third kappa shape index (κ3) is 3.64. The van der Waals surface area contributed by atoms with Gasteiger partial charge in [-0.1, -0.05) is 48.5 Å². The van der Waals surface area contributed by atoms with Crippen LogP contribution in [0.2, 0.25) is 0 Å². The summed E-state index contributed by atoms with van der Waals surface area (Å²) >= 11 is 0. The van der Waals surface area contributed by atoms with Crippen LogP contribution in [0, 0.1) is 0 Å². The molecule has 0 saturated carbocycles. The summed E-state index contributed by atoms with van der Waals surface area (Å²) in [6, 6.07) is 20.4. The van der Waals surface area contributed by atoms with Gasteiger partial charge in [0.25, 0.3) is 0 Å². The van der Waals surface area contributed by atoms with Crippen LogP contribution in [0.5, 0.6) is 0 Å². The Balaban J connectivity index is 1.57.